The molecule has 1 aromatic rings. The van der Waals surface area contributed by atoms with E-state index in [1.165, 1.54) is 0 Å². The third-order valence-corrected chi connectivity index (χ3v) is 3.03. The topological polar surface area (TPSA) is 57.3 Å². The summed E-state index contributed by atoms with van der Waals surface area (Å²) in [7, 11) is 1.93. The first-order chi connectivity index (χ1) is 8.15. The molecule has 17 heavy (non-hydrogen) atoms. The molecule has 0 saturated carbocycles. The van der Waals surface area contributed by atoms with Crippen molar-refractivity contribution in [3.63, 3.8) is 0 Å². The number of rotatable bonds is 7. The van der Waals surface area contributed by atoms with Crippen LogP contribution in [-0.4, -0.2) is 42.5 Å². The van der Waals surface area contributed by atoms with Crippen molar-refractivity contribution in [2.24, 2.45) is 0 Å². The molecule has 0 saturated heterocycles. The number of hydrogen-bond donors (Lipinski definition) is 2. The summed E-state index contributed by atoms with van der Waals surface area (Å²) in [6.07, 6.45) is 1.86. The summed E-state index contributed by atoms with van der Waals surface area (Å²) in [5.41, 5.74) is 0. The van der Waals surface area contributed by atoms with E-state index in [4.69, 9.17) is 0 Å². The molecular weight excluding hydrogens is 236 g/mol. The molecule has 6 heteroatoms. The molecule has 5 nitrogen and oxygen atoms in total. The van der Waals surface area contributed by atoms with Gasteiger partial charge in [-0.05, 0) is 20.9 Å². The summed E-state index contributed by atoms with van der Waals surface area (Å²) in [5.74, 6) is 0.0615. The highest BCUT2D eigenvalue weighted by Crippen LogP contribution is 2.18. The second kappa shape index (κ2) is 7.24. The summed E-state index contributed by atoms with van der Waals surface area (Å²) < 4.78 is 0. The predicted octanol–water partition coefficient (Wildman–Crippen LogP) is 1.14. The molecule has 0 fully saturated rings. The van der Waals surface area contributed by atoms with Crippen LogP contribution >= 0.6 is 11.3 Å². The minimum atomic E-state index is 0.0615. The zero-order valence-electron chi connectivity index (χ0n) is 10.6. The van der Waals surface area contributed by atoms with Gasteiger partial charge >= 0.3 is 0 Å². The van der Waals surface area contributed by atoms with Gasteiger partial charge in [-0.15, -0.1) is 11.3 Å². The van der Waals surface area contributed by atoms with Crippen molar-refractivity contribution in [3.05, 3.63) is 11.1 Å². The molecule has 96 valence electrons. The van der Waals surface area contributed by atoms with Gasteiger partial charge in [0.15, 0.2) is 5.13 Å². The van der Waals surface area contributed by atoms with Gasteiger partial charge in [0.2, 0.25) is 5.91 Å². The number of carbonyl (C=O) groups excluding carboxylic acids is 1. The largest absolute Gasteiger partial charge is 0.362 e. The van der Waals surface area contributed by atoms with Crippen LogP contribution in [0.25, 0.3) is 0 Å². The number of aromatic nitrogens is 1. The summed E-state index contributed by atoms with van der Waals surface area (Å²) in [6, 6.07) is 0. The zero-order valence-corrected chi connectivity index (χ0v) is 11.4. The molecule has 1 rings (SSSR count). The molecule has 2 N–H and O–H groups in total. The van der Waals surface area contributed by atoms with Gasteiger partial charge in [-0.3, -0.25) is 9.69 Å². The quantitative estimate of drug-likeness (QED) is 0.768. The molecule has 0 bridgehead atoms. The Kier molecular flexibility index (Phi) is 5.93. The third-order valence-electron chi connectivity index (χ3n) is 2.09. The summed E-state index contributed by atoms with van der Waals surface area (Å²) in [5, 5.41) is 6.89. The Morgan fingerprint density at radius 3 is 2.88 bits per heavy atom. The fraction of sp³-hybridized carbons (Fsp3) is 0.636. The fourth-order valence-electron chi connectivity index (χ4n) is 1.43. The molecule has 0 spiro atoms. The Morgan fingerprint density at radius 2 is 2.24 bits per heavy atom. The number of nitrogens with one attached hydrogen (secondary N) is 2. The lowest BCUT2D eigenvalue weighted by Crippen LogP contribution is -2.34. The van der Waals surface area contributed by atoms with E-state index < -0.39 is 0 Å². The number of nitrogens with zero attached hydrogens (tertiary/aromatic N) is 2. The van der Waals surface area contributed by atoms with Gasteiger partial charge in [-0.25, -0.2) is 4.98 Å². The second-order valence-corrected chi connectivity index (χ2v) is 4.90. The maximum absolute atomic E-state index is 11.4. The lowest BCUT2D eigenvalue weighted by molar-refractivity contribution is -0.121. The van der Waals surface area contributed by atoms with Crippen molar-refractivity contribution in [1.82, 2.24) is 15.2 Å². The van der Waals surface area contributed by atoms with Crippen molar-refractivity contribution >= 4 is 22.4 Å². The van der Waals surface area contributed by atoms with Crippen LogP contribution in [0.15, 0.2) is 6.20 Å². The first kappa shape index (κ1) is 13.9. The highest BCUT2D eigenvalue weighted by Gasteiger charge is 2.08. The maximum atomic E-state index is 11.4. The van der Waals surface area contributed by atoms with Gasteiger partial charge < -0.3 is 10.6 Å². The lowest BCUT2D eigenvalue weighted by atomic mass is 10.4. The van der Waals surface area contributed by atoms with Gasteiger partial charge in [0.05, 0.1) is 6.54 Å². The average Bonchev–Trinajstić information content (AvgIpc) is 2.66. The van der Waals surface area contributed by atoms with Gasteiger partial charge in [0.25, 0.3) is 0 Å². The molecule has 0 aliphatic rings. The highest BCUT2D eigenvalue weighted by molar-refractivity contribution is 7.15. The van der Waals surface area contributed by atoms with E-state index in [9.17, 15) is 4.79 Å². The molecular formula is C11H20N4OS. The van der Waals surface area contributed by atoms with Crippen LogP contribution in [0.1, 0.15) is 18.7 Å². The molecule has 1 amide bonds. The van der Waals surface area contributed by atoms with Crippen molar-refractivity contribution < 1.29 is 4.79 Å². The summed E-state index contributed by atoms with van der Waals surface area (Å²) >= 11 is 1.63. The van der Waals surface area contributed by atoms with Crippen molar-refractivity contribution in [2.75, 3.05) is 32.0 Å². The maximum Gasteiger partial charge on any atom is 0.234 e. The molecule has 0 aliphatic heterocycles. The lowest BCUT2D eigenvalue weighted by Gasteiger charge is -2.14. The molecule has 1 aromatic heterocycles. The summed E-state index contributed by atoms with van der Waals surface area (Å²) in [4.78, 5) is 18.8. The number of amides is 1. The predicted molar refractivity (Wildman–Crippen MR) is 71.3 cm³/mol. The number of anilines is 1. The third kappa shape index (κ3) is 5.14. The SMILES string of the molecule is CCNC(=O)CN(C)Cc1cnc(NCC)s1. The van der Waals surface area contributed by atoms with E-state index in [0.717, 1.165) is 23.1 Å². The average molecular weight is 256 g/mol. The first-order valence-electron chi connectivity index (χ1n) is 5.79. The van der Waals surface area contributed by atoms with E-state index in [2.05, 4.69) is 15.6 Å². The van der Waals surface area contributed by atoms with Gasteiger partial charge in [0, 0.05) is 30.7 Å². The van der Waals surface area contributed by atoms with E-state index in [0.29, 0.717) is 13.1 Å². The van der Waals surface area contributed by atoms with Crippen LogP contribution in [0.4, 0.5) is 5.13 Å². The van der Waals surface area contributed by atoms with E-state index in [-0.39, 0.29) is 5.91 Å². The van der Waals surface area contributed by atoms with Crippen LogP contribution in [0.2, 0.25) is 0 Å². The van der Waals surface area contributed by atoms with Crippen LogP contribution in [-0.2, 0) is 11.3 Å². The standard InChI is InChI=1S/C11H20N4OS/c1-4-12-10(16)8-15(3)7-9-6-14-11(17-9)13-5-2/h6H,4-5,7-8H2,1-3H3,(H,12,16)(H,13,14). The monoisotopic (exact) mass is 256 g/mol. The molecule has 0 aromatic carbocycles. The Morgan fingerprint density at radius 1 is 1.47 bits per heavy atom. The van der Waals surface area contributed by atoms with Crippen molar-refractivity contribution in [1.29, 1.82) is 0 Å². The van der Waals surface area contributed by atoms with Gasteiger partial charge in [-0.1, -0.05) is 0 Å². The van der Waals surface area contributed by atoms with Gasteiger partial charge in [-0.2, -0.15) is 0 Å². The number of thiazole rings is 1. The molecule has 0 unspecified atom stereocenters. The van der Waals surface area contributed by atoms with Crippen LogP contribution < -0.4 is 10.6 Å². The smallest absolute Gasteiger partial charge is 0.234 e. The van der Waals surface area contributed by atoms with E-state index in [1.54, 1.807) is 11.3 Å². The Hall–Kier alpha value is -1.14. The van der Waals surface area contributed by atoms with Crippen molar-refractivity contribution in [2.45, 2.75) is 20.4 Å². The normalized spacial score (nSPS) is 10.6. The number of hydrogen-bond acceptors (Lipinski definition) is 5. The van der Waals surface area contributed by atoms with Gasteiger partial charge in [0.1, 0.15) is 0 Å². The molecule has 0 aliphatic carbocycles. The highest BCUT2D eigenvalue weighted by atomic mass is 32.1. The fourth-order valence-corrected chi connectivity index (χ4v) is 2.39. The van der Waals surface area contributed by atoms with E-state index in [1.807, 2.05) is 32.0 Å². The molecule has 0 atom stereocenters. The number of carbonyl (C=O) groups is 1. The Bertz CT molecular complexity index is 353. The minimum Gasteiger partial charge on any atom is -0.362 e. The molecule has 1 heterocycles. The van der Waals surface area contributed by atoms with Crippen LogP contribution in [0.3, 0.4) is 0 Å². The van der Waals surface area contributed by atoms with Crippen molar-refractivity contribution in [3.8, 4) is 0 Å². The Labute approximate surface area is 106 Å². The first-order valence-corrected chi connectivity index (χ1v) is 6.61. The van der Waals surface area contributed by atoms with E-state index >= 15 is 0 Å². The van der Waals surface area contributed by atoms with Crippen LogP contribution in [0.5, 0.6) is 0 Å². The second-order valence-electron chi connectivity index (χ2n) is 3.79. The molecule has 0 radical (unpaired) electrons. The van der Waals surface area contributed by atoms with Crippen LogP contribution in [0, 0.1) is 0 Å². The Balaban J connectivity index is 2.38. The summed E-state index contributed by atoms with van der Waals surface area (Å²) in [6.45, 7) is 6.69. The number of likely N-dealkylation sites (N-methyl/N-ethyl adjacent to an activating group) is 2. The minimum absolute atomic E-state index is 0.0615. The zero-order chi connectivity index (χ0) is 12.7.